The van der Waals surface area contributed by atoms with Crippen molar-refractivity contribution in [2.24, 2.45) is 35.0 Å². The number of aromatic nitrogens is 2. The standard InChI is InChI=1S/C83H120N20O31/c1-8-41(6)68(102-70(120)47(84)18-24-63(110)111)81(131)94-51(22-27-66(116)117)74(124)103-69(42(7)104)82(132)100-54(30-44-14-16-46(105)17-15-44)77(127)97-55(32-45-35-87-38-90-45)78(128)98-56(33-60(86)107)79(129)96-53(29-40(4)5)76(126)95-52(28-39(2)3)75(125)92-48(20-25-64(112)113)71(121)89-36-61(108)88-37-62(109)91-49(19-23-59(85)106)72(122)93-50(21-26-65(114)115)73(123)99-57(34-67(118)119)80(130)101-58(83(133)134)31-43-12-10-9-11-13-43/h9-17,35,38-42,47-58,68-69,104-105H,8,18-34,36-37,84H2,1-7H3,(H2,85,106)(H2,86,107)(H,87,90)(H,88,108)(H,89,121)(H,91,109)(H,92,125)(H,93,122)(H,94,131)(H,95,126)(H,96,129)(H,97,127)(H,98,128)(H,99,123)(H,100,132)(H,101,130)(H,102,120)(H,103,124)(H,110,111)(H,112,113)(H,114,115)(H,116,117)(H,118,119)(H,133,134)/t41-,42+,47-,48-,49-,50-,51-,52-,53-,54-,55-,56-,57-,58-,68-,69-/m0/s1. The number of aliphatic carboxylic acids is 6. The molecule has 0 spiro atoms. The van der Waals surface area contributed by atoms with Gasteiger partial charge in [0.05, 0.1) is 44.4 Å². The van der Waals surface area contributed by atoms with Crippen molar-refractivity contribution in [2.75, 3.05) is 13.1 Å². The molecule has 51 nitrogen and oxygen atoms in total. The summed E-state index contributed by atoms with van der Waals surface area (Å²) in [5.41, 5.74) is 17.6. The number of carbonyl (C=O) groups is 23. The van der Waals surface area contributed by atoms with Crippen molar-refractivity contribution in [2.45, 2.75) is 255 Å². The highest BCUT2D eigenvalue weighted by molar-refractivity contribution is 6.02. The first kappa shape index (κ1) is 113. The predicted octanol–water partition coefficient (Wildman–Crippen LogP) is -7.32. The van der Waals surface area contributed by atoms with Gasteiger partial charge in [-0.3, -0.25) is 105 Å². The number of phenols is 1. The van der Waals surface area contributed by atoms with E-state index in [9.17, 15) is 146 Å². The number of carboxylic acids is 6. The van der Waals surface area contributed by atoms with E-state index >= 15 is 0 Å². The number of carboxylic acid groups (broad SMARTS) is 6. The lowest BCUT2D eigenvalue weighted by Crippen LogP contribution is -2.62. The average molecular weight is 1890 g/mol. The van der Waals surface area contributed by atoms with Crippen LogP contribution in [0.5, 0.6) is 5.75 Å². The number of hydrogen-bond acceptors (Lipinski definition) is 27. The summed E-state index contributed by atoms with van der Waals surface area (Å²) in [5.74, 6) is -31.1. The summed E-state index contributed by atoms with van der Waals surface area (Å²) in [5, 5.41) is 113. The number of primary amides is 2. The van der Waals surface area contributed by atoms with Gasteiger partial charge in [-0.2, -0.15) is 0 Å². The number of nitrogens with zero attached hydrogens (tertiary/aromatic N) is 1. The van der Waals surface area contributed by atoms with E-state index in [0.717, 1.165) is 6.92 Å². The maximum absolute atomic E-state index is 14.8. The topological polar surface area (TPSA) is 842 Å². The summed E-state index contributed by atoms with van der Waals surface area (Å²) in [7, 11) is 0. The quantitative estimate of drug-likeness (QED) is 0.0250. The van der Waals surface area contributed by atoms with Crippen LogP contribution in [0.2, 0.25) is 0 Å². The molecule has 0 saturated heterocycles. The maximum Gasteiger partial charge on any atom is 0.326 e. The Morgan fingerprint density at radius 2 is 0.739 bits per heavy atom. The summed E-state index contributed by atoms with van der Waals surface area (Å²) in [4.78, 5) is 312. The first-order valence-corrected chi connectivity index (χ1v) is 42.5. The van der Waals surface area contributed by atoms with E-state index in [-0.39, 0.29) is 49.1 Å². The molecule has 0 aliphatic carbocycles. The predicted molar refractivity (Wildman–Crippen MR) is 463 cm³/mol. The van der Waals surface area contributed by atoms with Crippen LogP contribution in [0.3, 0.4) is 0 Å². The van der Waals surface area contributed by atoms with E-state index in [2.05, 4.69) is 89.7 Å². The molecule has 0 unspecified atom stereocenters. The number of aliphatic hydroxyl groups is 1. The van der Waals surface area contributed by atoms with Crippen LogP contribution in [0.25, 0.3) is 0 Å². The van der Waals surface area contributed by atoms with Gasteiger partial charge in [0.15, 0.2) is 0 Å². The fourth-order valence-corrected chi connectivity index (χ4v) is 12.8. The summed E-state index contributed by atoms with van der Waals surface area (Å²) in [6.07, 6.45) is -9.72. The largest absolute Gasteiger partial charge is 0.508 e. The molecule has 1 heterocycles. The van der Waals surface area contributed by atoms with Crippen molar-refractivity contribution in [3.63, 3.8) is 0 Å². The molecule has 134 heavy (non-hydrogen) atoms. The van der Waals surface area contributed by atoms with E-state index in [1.54, 1.807) is 52.8 Å². The van der Waals surface area contributed by atoms with Crippen molar-refractivity contribution in [1.82, 2.24) is 89.7 Å². The lowest BCUT2D eigenvalue weighted by Gasteiger charge is -2.29. The van der Waals surface area contributed by atoms with Crippen LogP contribution in [0.1, 0.15) is 162 Å². The van der Waals surface area contributed by atoms with Crippen molar-refractivity contribution in [1.29, 1.82) is 0 Å². The van der Waals surface area contributed by atoms with Gasteiger partial charge in [0.2, 0.25) is 100 Å². The Kier molecular flexibility index (Phi) is 48.5. The van der Waals surface area contributed by atoms with Gasteiger partial charge in [-0.05, 0) is 92.9 Å². The molecule has 0 fully saturated rings. The van der Waals surface area contributed by atoms with Gasteiger partial charge in [-0.15, -0.1) is 0 Å². The first-order chi connectivity index (χ1) is 62.9. The summed E-state index contributed by atoms with van der Waals surface area (Å²) in [6, 6.07) is -12.0. The molecule has 0 radical (unpaired) electrons. The highest BCUT2D eigenvalue weighted by Gasteiger charge is 2.41. The lowest BCUT2D eigenvalue weighted by atomic mass is 9.96. The summed E-state index contributed by atoms with van der Waals surface area (Å²) in [6.45, 7) is 8.63. The first-order valence-electron chi connectivity index (χ1n) is 42.5. The molecule has 3 aromatic rings. The zero-order valence-electron chi connectivity index (χ0n) is 74.5. The fourth-order valence-electron chi connectivity index (χ4n) is 12.8. The Morgan fingerprint density at radius 3 is 1.19 bits per heavy atom. The summed E-state index contributed by atoms with van der Waals surface area (Å²) >= 11 is 0. The minimum absolute atomic E-state index is 0.141. The molecular weight excluding hydrogens is 1770 g/mol. The molecule has 738 valence electrons. The number of aromatic amines is 1. The SMILES string of the molecule is CC[C@H](C)[C@H](NC(=O)[C@@H](N)CCC(=O)O)C(=O)N[C@@H](CCC(=O)O)C(=O)N[C@H](C(=O)N[C@@H](Cc1ccc(O)cc1)C(=O)N[C@@H](Cc1cnc[nH]1)C(=O)N[C@@H](CC(N)=O)C(=O)N[C@@H](CC(C)C)C(=O)N[C@@H](CC(C)C)C(=O)N[C@@H](CCC(=O)O)C(=O)NCC(=O)NCC(=O)N[C@@H](CCC(N)=O)C(=O)N[C@@H](CCC(=O)O)C(=O)N[C@@H](CC(=O)O)C(=O)N[C@@H](Cc1ccccc1)C(=O)O)[C@@H](C)O. The van der Waals surface area contributed by atoms with E-state index in [0.29, 0.717) is 5.56 Å². The molecule has 2 aromatic carbocycles. The normalized spacial score (nSPS) is 14.6. The number of hydrogen-bond donors (Lipinski definition) is 27. The molecule has 16 atom stereocenters. The van der Waals surface area contributed by atoms with E-state index < -0.39 is 341 Å². The smallest absolute Gasteiger partial charge is 0.326 e. The Balaban J connectivity index is 1.90. The van der Waals surface area contributed by atoms with Crippen LogP contribution < -0.4 is 97.0 Å². The number of H-pyrrole nitrogens is 1. The number of amides is 17. The van der Waals surface area contributed by atoms with Gasteiger partial charge < -0.3 is 143 Å². The van der Waals surface area contributed by atoms with Crippen LogP contribution in [0.15, 0.2) is 67.1 Å². The van der Waals surface area contributed by atoms with Gasteiger partial charge in [0.25, 0.3) is 0 Å². The zero-order chi connectivity index (χ0) is 101. The molecule has 0 bridgehead atoms. The molecule has 51 heteroatoms. The summed E-state index contributed by atoms with van der Waals surface area (Å²) < 4.78 is 0. The second-order valence-corrected chi connectivity index (χ2v) is 32.4. The number of carbonyl (C=O) groups excluding carboxylic acids is 17. The molecule has 17 amide bonds. The third kappa shape index (κ3) is 43.3. The Bertz CT molecular complexity index is 4610. The Morgan fingerprint density at radius 1 is 0.366 bits per heavy atom. The number of phenolic OH excluding ortho intramolecular Hbond substituents is 1. The third-order valence-electron chi connectivity index (χ3n) is 20.2. The molecule has 0 saturated carbocycles. The van der Waals surface area contributed by atoms with Gasteiger partial charge in [0.1, 0.15) is 84.3 Å². The molecule has 1 aromatic heterocycles. The number of nitrogens with one attached hydrogen (secondary N) is 16. The van der Waals surface area contributed by atoms with Gasteiger partial charge >= 0.3 is 35.8 Å². The number of aliphatic hydroxyl groups excluding tert-OH is 1. The van der Waals surface area contributed by atoms with Gasteiger partial charge in [0, 0.05) is 63.3 Å². The molecule has 0 aliphatic heterocycles. The molecule has 0 aliphatic rings. The fraction of sp³-hybridized carbons (Fsp3) is 0.542. The minimum Gasteiger partial charge on any atom is -0.508 e. The van der Waals surface area contributed by atoms with Crippen LogP contribution >= 0.6 is 0 Å². The highest BCUT2D eigenvalue weighted by Crippen LogP contribution is 2.18. The van der Waals surface area contributed by atoms with E-state index in [1.807, 2.05) is 0 Å². The average Bonchev–Trinajstić information content (AvgIpc) is 0.928. The van der Waals surface area contributed by atoms with Gasteiger partial charge in [-0.25, -0.2) is 9.78 Å². The number of aromatic hydroxyl groups is 1. The van der Waals surface area contributed by atoms with Crippen molar-refractivity contribution in [3.8, 4) is 5.75 Å². The second-order valence-electron chi connectivity index (χ2n) is 32.4. The molecular formula is C83H120N20O31. The number of benzene rings is 2. The monoisotopic (exact) mass is 1890 g/mol. The van der Waals surface area contributed by atoms with E-state index in [1.165, 1.54) is 55.8 Å². The van der Waals surface area contributed by atoms with Gasteiger partial charge in [-0.1, -0.05) is 90.4 Å². The molecule has 30 N–H and O–H groups in total. The number of imidazole rings is 1. The minimum atomic E-state index is -2.05. The molecule has 3 rings (SSSR count). The van der Waals surface area contributed by atoms with Crippen molar-refractivity contribution in [3.05, 3.63) is 83.9 Å². The Labute approximate surface area is 766 Å². The van der Waals surface area contributed by atoms with Crippen LogP contribution in [0, 0.1) is 17.8 Å². The van der Waals surface area contributed by atoms with Crippen molar-refractivity contribution >= 4 is 136 Å². The van der Waals surface area contributed by atoms with Crippen LogP contribution in [0.4, 0.5) is 0 Å². The van der Waals surface area contributed by atoms with E-state index in [4.69, 9.17) is 22.3 Å². The maximum atomic E-state index is 14.8. The lowest BCUT2D eigenvalue weighted by molar-refractivity contribution is -0.144. The zero-order valence-corrected chi connectivity index (χ0v) is 74.5. The second kappa shape index (κ2) is 57.4. The van der Waals surface area contributed by atoms with Crippen molar-refractivity contribution < 1.29 is 151 Å². The third-order valence-corrected chi connectivity index (χ3v) is 20.2. The van der Waals surface area contributed by atoms with Crippen LogP contribution in [-0.4, -0.2) is 291 Å². The highest BCUT2D eigenvalue weighted by atomic mass is 16.4. The number of nitrogens with two attached hydrogens (primary N) is 3. The number of rotatable bonds is 63. The Hall–Kier alpha value is -14.8. The van der Waals surface area contributed by atoms with Crippen LogP contribution in [-0.2, 0) is 130 Å².